The first-order chi connectivity index (χ1) is 21.0. The Kier molecular flexibility index (Phi) is 9.24. The summed E-state index contributed by atoms with van der Waals surface area (Å²) in [5.74, 6) is -2.78. The number of esters is 1. The Balaban J connectivity index is 1.66. The second kappa shape index (κ2) is 12.8. The number of amides is 1. The molecule has 0 unspecified atom stereocenters. The van der Waals surface area contributed by atoms with E-state index in [1.54, 1.807) is 18.2 Å². The molecule has 2 aliphatic heterocycles. The van der Waals surface area contributed by atoms with Crippen molar-refractivity contribution in [1.29, 1.82) is 0 Å². The molecule has 3 aliphatic rings. The first-order valence-corrected chi connectivity index (χ1v) is 14.7. The fourth-order valence-corrected chi connectivity index (χ4v) is 6.67. The van der Waals surface area contributed by atoms with Crippen molar-refractivity contribution in [3.63, 3.8) is 0 Å². The zero-order chi connectivity index (χ0) is 31.8. The number of rotatable bonds is 11. The number of methoxy groups -OCH3 is 1. The van der Waals surface area contributed by atoms with Crippen LogP contribution in [-0.2, 0) is 21.6 Å². The maximum Gasteiger partial charge on any atom is 0.337 e. The third kappa shape index (κ3) is 5.78. The second-order valence-electron chi connectivity index (χ2n) is 11.1. The van der Waals surface area contributed by atoms with Crippen LogP contribution in [-0.4, -0.2) is 59.2 Å². The number of hydrogen-bond acceptors (Lipinski definition) is 8. The molecule has 3 N–H and O–H groups in total. The number of ether oxygens (including phenoxy) is 1. The molecule has 5 rings (SSSR count). The molecule has 1 spiro atoms. The van der Waals surface area contributed by atoms with Crippen LogP contribution >= 0.6 is 23.2 Å². The van der Waals surface area contributed by atoms with Gasteiger partial charge in [-0.3, -0.25) is 19.8 Å². The lowest BCUT2D eigenvalue weighted by atomic mass is 9.76. The van der Waals surface area contributed by atoms with Gasteiger partial charge in [0.1, 0.15) is 11.4 Å². The average molecular weight is 646 g/mol. The van der Waals surface area contributed by atoms with E-state index in [-0.39, 0.29) is 34.3 Å². The smallest absolute Gasteiger partial charge is 0.337 e. The maximum atomic E-state index is 16.7. The summed E-state index contributed by atoms with van der Waals surface area (Å²) in [6, 6.07) is 7.06. The van der Waals surface area contributed by atoms with Crippen LogP contribution < -0.4 is 10.6 Å². The van der Waals surface area contributed by atoms with Crippen LogP contribution in [0.1, 0.15) is 34.3 Å². The van der Waals surface area contributed by atoms with E-state index in [9.17, 15) is 24.8 Å². The molecule has 1 aliphatic carbocycles. The summed E-state index contributed by atoms with van der Waals surface area (Å²) in [5, 5.41) is 29.4. The van der Waals surface area contributed by atoms with Crippen LogP contribution in [0.15, 0.2) is 72.1 Å². The van der Waals surface area contributed by atoms with Crippen molar-refractivity contribution in [1.82, 2.24) is 10.2 Å². The van der Waals surface area contributed by atoms with Gasteiger partial charge in [0, 0.05) is 52.1 Å². The Morgan fingerprint density at radius 1 is 1.34 bits per heavy atom. The molecule has 232 valence electrons. The predicted molar refractivity (Wildman–Crippen MR) is 164 cm³/mol. The minimum Gasteiger partial charge on any atom is -0.465 e. The number of benzene rings is 2. The van der Waals surface area contributed by atoms with Crippen molar-refractivity contribution in [2.24, 2.45) is 11.8 Å². The van der Waals surface area contributed by atoms with Crippen LogP contribution in [0, 0.1) is 22.0 Å². The number of carbonyl (C=O) groups is 2. The molecular weight excluding hydrogens is 614 g/mol. The van der Waals surface area contributed by atoms with Gasteiger partial charge in [-0.05, 0) is 55.2 Å². The molecule has 1 saturated heterocycles. The van der Waals surface area contributed by atoms with Crippen molar-refractivity contribution in [2.75, 3.05) is 25.6 Å². The fourth-order valence-electron chi connectivity index (χ4n) is 6.42. The molecule has 1 saturated carbocycles. The predicted octanol–water partition coefficient (Wildman–Crippen LogP) is 5.21. The zero-order valence-electron chi connectivity index (χ0n) is 23.8. The van der Waals surface area contributed by atoms with Crippen molar-refractivity contribution >= 4 is 46.5 Å². The standard InChI is InChI=1S/C31H31Cl2FN4O6/c1-17(32)4-3-5-23(34)27-28(35-14-20-12-19(29(40)44-2)8-11-25(20)38(42)43)26(16-39)37(15-18-6-7-18)31(27)22-10-9-21(33)13-24(22)36-30(31)41/h3-5,8-13,18,26-28,35,39H,1,6-7,14-16H2,2H3,(H,36,41)/b4-3-,23-5-/t26-,27-,28+,31+/m0/s1. The highest BCUT2D eigenvalue weighted by Crippen LogP contribution is 2.56. The lowest BCUT2D eigenvalue weighted by Gasteiger charge is -2.38. The van der Waals surface area contributed by atoms with Gasteiger partial charge in [-0.15, -0.1) is 0 Å². The van der Waals surface area contributed by atoms with E-state index in [1.807, 2.05) is 4.90 Å². The number of nitro groups is 1. The van der Waals surface area contributed by atoms with Crippen LogP contribution in [0.3, 0.4) is 0 Å². The van der Waals surface area contributed by atoms with Crippen molar-refractivity contribution < 1.29 is 28.7 Å². The molecule has 44 heavy (non-hydrogen) atoms. The Bertz CT molecular complexity index is 1580. The highest BCUT2D eigenvalue weighted by molar-refractivity contribution is 6.31. The molecule has 0 bridgehead atoms. The summed E-state index contributed by atoms with van der Waals surface area (Å²) in [6.07, 6.45) is 5.83. The number of nitrogens with one attached hydrogen (secondary N) is 2. The topological polar surface area (TPSA) is 134 Å². The van der Waals surface area contributed by atoms with Gasteiger partial charge in [0.2, 0.25) is 5.91 Å². The van der Waals surface area contributed by atoms with Gasteiger partial charge in [0.25, 0.3) is 5.69 Å². The quantitative estimate of drug-likeness (QED) is 0.131. The van der Waals surface area contributed by atoms with E-state index in [0.29, 0.717) is 22.8 Å². The highest BCUT2D eigenvalue weighted by atomic mass is 35.5. The number of anilines is 1. The third-order valence-electron chi connectivity index (χ3n) is 8.46. The van der Waals surface area contributed by atoms with Gasteiger partial charge in [-0.2, -0.15) is 0 Å². The number of halogens is 3. The van der Waals surface area contributed by atoms with E-state index in [0.717, 1.165) is 12.8 Å². The normalized spacial score (nSPS) is 25.0. The van der Waals surface area contributed by atoms with Crippen molar-refractivity contribution in [2.45, 2.75) is 37.0 Å². The fraction of sp³-hybridized carbons (Fsp3) is 0.355. The molecule has 2 aromatic carbocycles. The molecular formula is C31H31Cl2FN4O6. The molecule has 4 atom stereocenters. The minimum absolute atomic E-state index is 0.0990. The molecule has 2 heterocycles. The summed E-state index contributed by atoms with van der Waals surface area (Å²) in [4.78, 5) is 39.5. The average Bonchev–Trinajstić information content (AvgIpc) is 3.70. The number of aliphatic hydroxyl groups excluding tert-OH is 1. The Hall–Kier alpha value is -3.61. The van der Waals surface area contributed by atoms with Gasteiger partial charge in [0.05, 0.1) is 36.2 Å². The Labute approximate surface area is 263 Å². The number of fused-ring (bicyclic) bond motifs is 2. The summed E-state index contributed by atoms with van der Waals surface area (Å²) in [6.45, 7) is 3.38. The number of nitro benzene ring substituents is 1. The highest BCUT2D eigenvalue weighted by Gasteiger charge is 2.67. The van der Waals surface area contributed by atoms with Gasteiger partial charge < -0.3 is 20.5 Å². The summed E-state index contributed by atoms with van der Waals surface area (Å²) in [7, 11) is 1.20. The number of likely N-dealkylation sites (tertiary alicyclic amines) is 1. The van der Waals surface area contributed by atoms with E-state index < -0.39 is 52.8 Å². The number of carbonyl (C=O) groups excluding carboxylic acids is 2. The Morgan fingerprint density at radius 2 is 2.09 bits per heavy atom. The van der Waals surface area contributed by atoms with E-state index >= 15 is 4.39 Å². The van der Waals surface area contributed by atoms with E-state index in [4.69, 9.17) is 27.9 Å². The Morgan fingerprint density at radius 3 is 2.73 bits per heavy atom. The SMILES string of the molecule is C=C(Cl)/C=C\C=C(/F)[C@H]1[C@H](NCc2cc(C(=O)OC)ccc2[N+](=O)[O-])[C@H](CO)N(CC2CC2)[C@@]12C(=O)Nc1cc(Cl)ccc12. The van der Waals surface area contributed by atoms with Gasteiger partial charge in [-0.1, -0.05) is 41.9 Å². The van der Waals surface area contributed by atoms with Gasteiger partial charge in [0.15, 0.2) is 0 Å². The number of aliphatic hydroxyl groups is 1. The third-order valence-corrected chi connectivity index (χ3v) is 8.82. The summed E-state index contributed by atoms with van der Waals surface area (Å²) in [5.41, 5.74) is -0.656. The lowest BCUT2D eigenvalue weighted by molar-refractivity contribution is -0.385. The summed E-state index contributed by atoms with van der Waals surface area (Å²) >= 11 is 12.1. The van der Waals surface area contributed by atoms with Crippen molar-refractivity contribution in [3.05, 3.63) is 104 Å². The molecule has 10 nitrogen and oxygen atoms in total. The van der Waals surface area contributed by atoms with Crippen LogP contribution in [0.5, 0.6) is 0 Å². The van der Waals surface area contributed by atoms with Crippen LogP contribution in [0.4, 0.5) is 15.8 Å². The first kappa shape index (κ1) is 31.8. The molecule has 2 fully saturated rings. The lowest BCUT2D eigenvalue weighted by Crippen LogP contribution is -2.54. The molecule has 0 aromatic heterocycles. The van der Waals surface area contributed by atoms with Gasteiger partial charge >= 0.3 is 5.97 Å². The number of nitrogens with zero attached hydrogens (tertiary/aromatic N) is 2. The van der Waals surface area contributed by atoms with Gasteiger partial charge in [-0.25, -0.2) is 9.18 Å². The van der Waals surface area contributed by atoms with E-state index in [1.165, 1.54) is 43.5 Å². The number of hydrogen-bond donors (Lipinski definition) is 3. The minimum atomic E-state index is -1.58. The monoisotopic (exact) mass is 644 g/mol. The van der Waals surface area contributed by atoms with Crippen molar-refractivity contribution in [3.8, 4) is 0 Å². The number of allylic oxidation sites excluding steroid dienone is 4. The van der Waals surface area contributed by atoms with Crippen LogP contribution in [0.25, 0.3) is 0 Å². The largest absolute Gasteiger partial charge is 0.465 e. The van der Waals surface area contributed by atoms with E-state index in [2.05, 4.69) is 17.2 Å². The maximum absolute atomic E-state index is 16.7. The molecule has 1 amide bonds. The summed E-state index contributed by atoms with van der Waals surface area (Å²) < 4.78 is 21.4. The second-order valence-corrected chi connectivity index (χ2v) is 12.0. The zero-order valence-corrected chi connectivity index (χ0v) is 25.3. The molecule has 13 heteroatoms. The molecule has 0 radical (unpaired) electrons. The first-order valence-electron chi connectivity index (χ1n) is 14.0. The van der Waals surface area contributed by atoms with Crippen LogP contribution in [0.2, 0.25) is 5.02 Å². The molecule has 2 aromatic rings.